The summed E-state index contributed by atoms with van der Waals surface area (Å²) in [7, 11) is 1.61. The van der Waals surface area contributed by atoms with Gasteiger partial charge in [-0.2, -0.15) is 0 Å². The van der Waals surface area contributed by atoms with Crippen LogP contribution in [-0.2, 0) is 0 Å². The number of nitrogens with one attached hydrogen (secondary N) is 1. The molecule has 0 aliphatic rings. The molecule has 0 unspecified atom stereocenters. The number of hydrogen-bond acceptors (Lipinski definition) is 6. The summed E-state index contributed by atoms with van der Waals surface area (Å²) < 4.78 is 5.33. The zero-order chi connectivity index (χ0) is 18.8. The first-order chi connectivity index (χ1) is 13.1. The van der Waals surface area contributed by atoms with Crippen LogP contribution in [0.3, 0.4) is 0 Å². The minimum Gasteiger partial charge on any atom is -0.497 e. The number of ether oxygens (including phenoxy) is 1. The van der Waals surface area contributed by atoms with Gasteiger partial charge in [0.15, 0.2) is 5.82 Å². The third kappa shape index (κ3) is 3.63. The van der Waals surface area contributed by atoms with Crippen LogP contribution < -0.4 is 10.1 Å². The van der Waals surface area contributed by atoms with Crippen LogP contribution in [0.5, 0.6) is 5.75 Å². The number of hydrogen-bond donors (Lipinski definition) is 1. The predicted octanol–water partition coefficient (Wildman–Crippen LogP) is 5.15. The molecule has 0 spiro atoms. The van der Waals surface area contributed by atoms with E-state index < -0.39 is 0 Å². The van der Waals surface area contributed by atoms with Crippen molar-refractivity contribution in [3.05, 3.63) is 65.0 Å². The molecule has 0 radical (unpaired) electrons. The summed E-state index contributed by atoms with van der Waals surface area (Å²) in [5.74, 6) is 1.76. The highest BCUT2D eigenvalue weighted by Gasteiger charge is 2.12. The van der Waals surface area contributed by atoms with Crippen LogP contribution >= 0.6 is 23.2 Å². The van der Waals surface area contributed by atoms with Crippen LogP contribution in [0.15, 0.2) is 55.0 Å². The highest BCUT2D eigenvalue weighted by Crippen LogP contribution is 2.31. The van der Waals surface area contributed by atoms with E-state index in [1.807, 2.05) is 24.3 Å². The van der Waals surface area contributed by atoms with Crippen molar-refractivity contribution < 1.29 is 4.74 Å². The topological polar surface area (TPSA) is 72.8 Å². The number of rotatable bonds is 4. The fraction of sp³-hybridized carbons (Fsp3) is 0.0526. The summed E-state index contributed by atoms with van der Waals surface area (Å²) in [5.41, 5.74) is 2.07. The molecule has 134 valence electrons. The molecule has 0 saturated heterocycles. The van der Waals surface area contributed by atoms with Crippen molar-refractivity contribution in [1.82, 2.24) is 19.9 Å². The number of nitrogens with zero attached hydrogens (tertiary/aromatic N) is 4. The maximum absolute atomic E-state index is 6.13. The van der Waals surface area contributed by atoms with Gasteiger partial charge in [-0.1, -0.05) is 23.2 Å². The van der Waals surface area contributed by atoms with Crippen molar-refractivity contribution in [3.63, 3.8) is 0 Å². The van der Waals surface area contributed by atoms with E-state index in [-0.39, 0.29) is 0 Å². The molecule has 0 bridgehead atoms. The van der Waals surface area contributed by atoms with E-state index in [0.717, 1.165) is 16.6 Å². The van der Waals surface area contributed by atoms with Gasteiger partial charge in [0.1, 0.15) is 17.3 Å². The third-order valence-electron chi connectivity index (χ3n) is 3.88. The van der Waals surface area contributed by atoms with Gasteiger partial charge in [0.05, 0.1) is 28.9 Å². The van der Waals surface area contributed by atoms with E-state index in [1.165, 1.54) is 0 Å². The average Bonchev–Trinajstić information content (AvgIpc) is 2.71. The van der Waals surface area contributed by atoms with E-state index in [4.69, 9.17) is 27.9 Å². The summed E-state index contributed by atoms with van der Waals surface area (Å²) in [6, 6.07) is 10.9. The van der Waals surface area contributed by atoms with Gasteiger partial charge in [-0.15, -0.1) is 0 Å². The summed E-state index contributed by atoms with van der Waals surface area (Å²) in [5, 5.41) is 5.01. The molecule has 2 heterocycles. The molecule has 0 fully saturated rings. The molecular formula is C19H13Cl2N5O. The molecule has 2 aromatic heterocycles. The Balaban J connectivity index is 1.88. The Morgan fingerprint density at radius 3 is 2.59 bits per heavy atom. The van der Waals surface area contributed by atoms with Crippen molar-refractivity contribution in [2.45, 2.75) is 0 Å². The molecule has 0 aliphatic carbocycles. The Morgan fingerprint density at radius 1 is 0.963 bits per heavy atom. The second-order valence-corrected chi connectivity index (χ2v) is 6.44. The molecular weight excluding hydrogens is 385 g/mol. The Labute approximate surface area is 165 Å². The highest BCUT2D eigenvalue weighted by atomic mass is 35.5. The van der Waals surface area contributed by atoms with Crippen LogP contribution in [0, 0.1) is 0 Å². The van der Waals surface area contributed by atoms with Crippen molar-refractivity contribution in [3.8, 4) is 17.3 Å². The molecule has 2 aromatic carbocycles. The second kappa shape index (κ2) is 7.34. The van der Waals surface area contributed by atoms with Gasteiger partial charge in [0.2, 0.25) is 0 Å². The highest BCUT2D eigenvalue weighted by molar-refractivity contribution is 6.42. The van der Waals surface area contributed by atoms with Gasteiger partial charge in [0, 0.05) is 23.5 Å². The van der Waals surface area contributed by atoms with E-state index in [2.05, 4.69) is 25.3 Å². The number of aromatic nitrogens is 4. The second-order valence-electron chi connectivity index (χ2n) is 5.62. The number of fused-ring (bicyclic) bond motifs is 1. The Hall–Kier alpha value is -2.96. The van der Waals surface area contributed by atoms with Crippen molar-refractivity contribution >= 4 is 45.6 Å². The van der Waals surface area contributed by atoms with Gasteiger partial charge in [-0.05, 0) is 36.4 Å². The third-order valence-corrected chi connectivity index (χ3v) is 4.62. The Bertz CT molecular complexity index is 1120. The maximum atomic E-state index is 6.13. The van der Waals surface area contributed by atoms with E-state index in [1.54, 1.807) is 37.8 Å². The van der Waals surface area contributed by atoms with E-state index in [9.17, 15) is 0 Å². The smallest absolute Gasteiger partial charge is 0.182 e. The first kappa shape index (κ1) is 17.5. The minimum atomic E-state index is 0.451. The standard InChI is InChI=1S/C19H13Cl2N5O/c1-27-12-3-5-16-13(9-12)18(24-11-2-4-14(20)15(21)8-11)26-19(25-16)17-10-22-6-7-23-17/h2-10H,1H3,(H,24,25,26). The van der Waals surface area contributed by atoms with Crippen LogP contribution in [0.25, 0.3) is 22.4 Å². The molecule has 1 N–H and O–H groups in total. The lowest BCUT2D eigenvalue weighted by Gasteiger charge is -2.12. The van der Waals surface area contributed by atoms with E-state index in [0.29, 0.717) is 33.1 Å². The first-order valence-corrected chi connectivity index (χ1v) is 8.74. The van der Waals surface area contributed by atoms with Gasteiger partial charge in [0.25, 0.3) is 0 Å². The Kier molecular flexibility index (Phi) is 4.75. The maximum Gasteiger partial charge on any atom is 0.182 e. The molecule has 0 amide bonds. The summed E-state index contributed by atoms with van der Waals surface area (Å²) in [4.78, 5) is 17.6. The number of halogens is 2. The average molecular weight is 398 g/mol. The number of anilines is 2. The predicted molar refractivity (Wildman–Crippen MR) is 107 cm³/mol. The fourth-order valence-corrected chi connectivity index (χ4v) is 2.87. The van der Waals surface area contributed by atoms with Gasteiger partial charge in [-0.25, -0.2) is 15.0 Å². The van der Waals surface area contributed by atoms with Crippen LogP contribution in [0.2, 0.25) is 10.0 Å². The first-order valence-electron chi connectivity index (χ1n) is 7.98. The molecule has 0 aliphatic heterocycles. The van der Waals surface area contributed by atoms with Crippen LogP contribution in [-0.4, -0.2) is 27.0 Å². The lowest BCUT2D eigenvalue weighted by Crippen LogP contribution is -2.01. The molecule has 27 heavy (non-hydrogen) atoms. The van der Waals surface area contributed by atoms with Gasteiger partial charge >= 0.3 is 0 Å². The van der Waals surface area contributed by atoms with E-state index >= 15 is 0 Å². The molecule has 0 atom stereocenters. The molecule has 8 heteroatoms. The number of methoxy groups -OCH3 is 1. The zero-order valence-electron chi connectivity index (χ0n) is 14.1. The SMILES string of the molecule is COc1ccc2nc(-c3cnccn3)nc(Nc3ccc(Cl)c(Cl)c3)c2c1. The molecule has 4 aromatic rings. The Morgan fingerprint density at radius 2 is 1.85 bits per heavy atom. The monoisotopic (exact) mass is 397 g/mol. The lowest BCUT2D eigenvalue weighted by molar-refractivity contribution is 0.415. The van der Waals surface area contributed by atoms with Crippen molar-refractivity contribution in [2.24, 2.45) is 0 Å². The summed E-state index contributed by atoms with van der Waals surface area (Å²) in [6.07, 6.45) is 4.82. The fourth-order valence-electron chi connectivity index (χ4n) is 2.57. The van der Waals surface area contributed by atoms with Gasteiger partial charge < -0.3 is 10.1 Å². The molecule has 0 saturated carbocycles. The minimum absolute atomic E-state index is 0.451. The summed E-state index contributed by atoms with van der Waals surface area (Å²) in [6.45, 7) is 0. The quantitative estimate of drug-likeness (QED) is 0.513. The number of benzene rings is 2. The van der Waals surface area contributed by atoms with Crippen LogP contribution in [0.4, 0.5) is 11.5 Å². The molecule has 4 rings (SSSR count). The zero-order valence-corrected chi connectivity index (χ0v) is 15.7. The summed E-state index contributed by atoms with van der Waals surface area (Å²) >= 11 is 12.1. The van der Waals surface area contributed by atoms with Gasteiger partial charge in [-0.3, -0.25) is 4.98 Å². The largest absolute Gasteiger partial charge is 0.497 e. The normalized spacial score (nSPS) is 10.8. The van der Waals surface area contributed by atoms with Crippen molar-refractivity contribution in [2.75, 3.05) is 12.4 Å². The lowest BCUT2D eigenvalue weighted by atomic mass is 10.2. The van der Waals surface area contributed by atoms with Crippen molar-refractivity contribution in [1.29, 1.82) is 0 Å². The molecule has 6 nitrogen and oxygen atoms in total. The van der Waals surface area contributed by atoms with Crippen LogP contribution in [0.1, 0.15) is 0 Å².